The Bertz CT molecular complexity index is 918. The molecule has 1 aromatic carbocycles. The van der Waals surface area contributed by atoms with Gasteiger partial charge in [-0.15, -0.1) is 0 Å². The molecule has 1 rings (SSSR count). The summed E-state index contributed by atoms with van der Waals surface area (Å²) < 4.78 is 218. The molecule has 0 aliphatic rings. The predicted octanol–water partition coefficient (Wildman–Crippen LogP) is 7.35. The molecule has 0 spiro atoms. The standard InChI is InChI=1S/C18H14F16O2/c1-8(2)36-10-6-4-3-5-9(10)11(35,17(29,30)31)7-12(19,20)13(21,22)14(23,24)15(25,26)16(27,28)18(32,33)34/h3-6,8,35H,7H2,1-2H3. The summed E-state index contributed by atoms with van der Waals surface area (Å²) in [7, 11) is 0. The SMILES string of the molecule is CC(C)Oc1ccccc1C(O)(CC(F)(F)C(F)(F)C(F)(F)C(F)(F)C(F)(F)C(F)(F)F)C(F)(F)F. The van der Waals surface area contributed by atoms with E-state index >= 15 is 0 Å². The largest absolute Gasteiger partial charge is 0.491 e. The highest BCUT2D eigenvalue weighted by Crippen LogP contribution is 2.62. The van der Waals surface area contributed by atoms with Crippen molar-refractivity contribution >= 4 is 0 Å². The average Bonchev–Trinajstić information content (AvgIpc) is 2.65. The van der Waals surface area contributed by atoms with Gasteiger partial charge in [-0.2, -0.15) is 70.2 Å². The molecular weight excluding hydrogens is 552 g/mol. The third-order valence-electron chi connectivity index (χ3n) is 4.64. The molecule has 0 aromatic heterocycles. The molecule has 1 N–H and O–H groups in total. The van der Waals surface area contributed by atoms with Crippen molar-refractivity contribution in [1.82, 2.24) is 0 Å². The van der Waals surface area contributed by atoms with Gasteiger partial charge < -0.3 is 9.84 Å². The molecular formula is C18H14F16O2. The van der Waals surface area contributed by atoms with Gasteiger partial charge in [-0.3, -0.25) is 0 Å². The fraction of sp³-hybridized carbons (Fsp3) is 0.667. The van der Waals surface area contributed by atoms with Gasteiger partial charge in [0, 0.05) is 5.56 Å². The normalized spacial score (nSPS) is 16.8. The molecule has 0 aliphatic carbocycles. The minimum absolute atomic E-state index is 0.157. The molecule has 0 heterocycles. The molecule has 0 saturated carbocycles. The third-order valence-corrected chi connectivity index (χ3v) is 4.64. The Kier molecular flexibility index (Phi) is 7.98. The average molecular weight is 566 g/mol. The highest BCUT2D eigenvalue weighted by atomic mass is 19.4. The fourth-order valence-electron chi connectivity index (χ4n) is 2.75. The van der Waals surface area contributed by atoms with Crippen molar-refractivity contribution in [1.29, 1.82) is 0 Å². The van der Waals surface area contributed by atoms with Gasteiger partial charge in [-0.25, -0.2) is 0 Å². The zero-order chi connectivity index (χ0) is 29.0. The molecule has 0 bridgehead atoms. The Morgan fingerprint density at radius 2 is 1.06 bits per heavy atom. The number of halogens is 16. The zero-order valence-electron chi connectivity index (χ0n) is 17.5. The molecule has 18 heteroatoms. The number of para-hydroxylation sites is 1. The van der Waals surface area contributed by atoms with Crippen LogP contribution in [0.1, 0.15) is 25.8 Å². The van der Waals surface area contributed by atoms with Crippen LogP contribution in [0.2, 0.25) is 0 Å². The molecule has 36 heavy (non-hydrogen) atoms. The number of alkyl halides is 16. The van der Waals surface area contributed by atoms with Crippen molar-refractivity contribution in [3.05, 3.63) is 29.8 Å². The Balaban J connectivity index is 3.76. The number of rotatable bonds is 9. The quantitative estimate of drug-likeness (QED) is 0.317. The summed E-state index contributed by atoms with van der Waals surface area (Å²) in [5.74, 6) is -40.9. The highest BCUT2D eigenvalue weighted by molar-refractivity contribution is 5.40. The van der Waals surface area contributed by atoms with Crippen LogP contribution in [0.15, 0.2) is 24.3 Å². The molecule has 0 aliphatic heterocycles. The Hall–Kier alpha value is -2.14. The van der Waals surface area contributed by atoms with E-state index in [1.54, 1.807) is 0 Å². The van der Waals surface area contributed by atoms with E-state index in [0.717, 1.165) is 19.9 Å². The van der Waals surface area contributed by atoms with Crippen LogP contribution in [-0.4, -0.2) is 53.2 Å². The summed E-state index contributed by atoms with van der Waals surface area (Å²) in [6.07, 6.45) is -19.1. The molecule has 1 aromatic rings. The lowest BCUT2D eigenvalue weighted by molar-refractivity contribution is -0.443. The first-order valence-corrected chi connectivity index (χ1v) is 9.13. The first-order valence-electron chi connectivity index (χ1n) is 9.13. The fourth-order valence-corrected chi connectivity index (χ4v) is 2.75. The molecule has 0 fully saturated rings. The summed E-state index contributed by atoms with van der Waals surface area (Å²) in [5, 5.41) is 9.99. The number of ether oxygens (including phenoxy) is 1. The maximum absolute atomic E-state index is 14.2. The van der Waals surface area contributed by atoms with E-state index in [2.05, 4.69) is 0 Å². The van der Waals surface area contributed by atoms with Gasteiger partial charge in [0.2, 0.25) is 0 Å². The van der Waals surface area contributed by atoms with E-state index in [1.807, 2.05) is 0 Å². The van der Waals surface area contributed by atoms with E-state index in [-0.39, 0.29) is 6.07 Å². The second kappa shape index (κ2) is 9.01. The zero-order valence-corrected chi connectivity index (χ0v) is 17.5. The lowest BCUT2D eigenvalue weighted by Crippen LogP contribution is -2.70. The molecule has 0 saturated heterocycles. The van der Waals surface area contributed by atoms with Crippen molar-refractivity contribution < 1.29 is 80.1 Å². The van der Waals surface area contributed by atoms with Gasteiger partial charge in [-0.1, -0.05) is 18.2 Å². The number of benzene rings is 1. The summed E-state index contributed by atoms with van der Waals surface area (Å²) in [6, 6.07) is 2.22. The molecule has 2 nitrogen and oxygen atoms in total. The van der Waals surface area contributed by atoms with E-state index in [9.17, 15) is 75.4 Å². The first kappa shape index (κ1) is 31.9. The van der Waals surface area contributed by atoms with Gasteiger partial charge in [0.05, 0.1) is 12.5 Å². The van der Waals surface area contributed by atoms with Crippen molar-refractivity contribution in [2.24, 2.45) is 0 Å². The number of aliphatic hydroxyl groups is 1. The highest BCUT2D eigenvalue weighted by Gasteiger charge is 2.91. The van der Waals surface area contributed by atoms with Crippen LogP contribution in [0, 0.1) is 0 Å². The van der Waals surface area contributed by atoms with Crippen molar-refractivity contribution in [2.45, 2.75) is 73.9 Å². The van der Waals surface area contributed by atoms with Crippen LogP contribution in [0.4, 0.5) is 70.2 Å². The summed E-state index contributed by atoms with van der Waals surface area (Å²) in [6.45, 7) is 2.30. The van der Waals surface area contributed by atoms with E-state index in [4.69, 9.17) is 4.74 Å². The smallest absolute Gasteiger partial charge is 0.460 e. The van der Waals surface area contributed by atoms with Crippen LogP contribution < -0.4 is 4.74 Å². The number of hydrogen-bond donors (Lipinski definition) is 1. The lowest BCUT2D eigenvalue weighted by Gasteiger charge is -2.42. The second-order valence-corrected chi connectivity index (χ2v) is 7.70. The van der Waals surface area contributed by atoms with Crippen molar-refractivity contribution in [3.8, 4) is 5.75 Å². The third kappa shape index (κ3) is 4.88. The summed E-state index contributed by atoms with van der Waals surface area (Å²) >= 11 is 0. The Morgan fingerprint density at radius 3 is 1.44 bits per heavy atom. The lowest BCUT2D eigenvalue weighted by atomic mass is 9.82. The van der Waals surface area contributed by atoms with Crippen LogP contribution in [0.25, 0.3) is 0 Å². The van der Waals surface area contributed by atoms with E-state index < -0.39 is 71.4 Å². The van der Waals surface area contributed by atoms with Crippen LogP contribution >= 0.6 is 0 Å². The topological polar surface area (TPSA) is 29.5 Å². The summed E-state index contributed by atoms with van der Waals surface area (Å²) in [4.78, 5) is 0. The first-order chi connectivity index (χ1) is 15.6. The van der Waals surface area contributed by atoms with E-state index in [1.165, 1.54) is 0 Å². The minimum atomic E-state index is -8.30. The van der Waals surface area contributed by atoms with Gasteiger partial charge >= 0.3 is 42.0 Å². The molecule has 1 atom stereocenters. The Labute approximate surface area is 190 Å². The second-order valence-electron chi connectivity index (χ2n) is 7.70. The maximum atomic E-state index is 14.2. The van der Waals surface area contributed by atoms with Crippen LogP contribution in [-0.2, 0) is 5.60 Å². The molecule has 0 amide bonds. The van der Waals surface area contributed by atoms with Crippen LogP contribution in [0.5, 0.6) is 5.75 Å². The van der Waals surface area contributed by atoms with Crippen molar-refractivity contribution in [3.63, 3.8) is 0 Å². The van der Waals surface area contributed by atoms with Gasteiger partial charge in [-0.05, 0) is 19.9 Å². The molecule has 1 unspecified atom stereocenters. The van der Waals surface area contributed by atoms with Crippen molar-refractivity contribution in [2.75, 3.05) is 0 Å². The molecule has 210 valence electrons. The maximum Gasteiger partial charge on any atom is 0.460 e. The predicted molar refractivity (Wildman–Crippen MR) is 87.6 cm³/mol. The summed E-state index contributed by atoms with van der Waals surface area (Å²) in [5.41, 5.74) is -7.10. The van der Waals surface area contributed by atoms with Gasteiger partial charge in [0.15, 0.2) is 5.60 Å². The Morgan fingerprint density at radius 1 is 0.639 bits per heavy atom. The van der Waals surface area contributed by atoms with E-state index in [0.29, 0.717) is 12.1 Å². The molecule has 0 radical (unpaired) electrons. The monoisotopic (exact) mass is 566 g/mol. The van der Waals surface area contributed by atoms with Crippen LogP contribution in [0.3, 0.4) is 0 Å². The van der Waals surface area contributed by atoms with Gasteiger partial charge in [0.1, 0.15) is 5.75 Å². The number of hydrogen-bond acceptors (Lipinski definition) is 2. The minimum Gasteiger partial charge on any atom is -0.491 e. The van der Waals surface area contributed by atoms with Gasteiger partial charge in [0.25, 0.3) is 0 Å².